The van der Waals surface area contributed by atoms with Gasteiger partial charge in [-0.05, 0) is 77.4 Å². The molecule has 174 valence electrons. The van der Waals surface area contributed by atoms with Gasteiger partial charge in [0.25, 0.3) is 0 Å². The topological polar surface area (TPSA) is 95.7 Å². The summed E-state index contributed by atoms with van der Waals surface area (Å²) in [6, 6.07) is 20.8. The number of carbonyl (C=O) groups is 2. The van der Waals surface area contributed by atoms with Crippen LogP contribution >= 0.6 is 11.9 Å². The fourth-order valence-electron chi connectivity index (χ4n) is 5.38. The number of fused-ring (bicyclic) bond motifs is 2. The molecule has 1 spiro atoms. The maximum absolute atomic E-state index is 13.3. The summed E-state index contributed by atoms with van der Waals surface area (Å²) in [7, 11) is 0. The summed E-state index contributed by atoms with van der Waals surface area (Å²) in [4.78, 5) is 27.9. The molecule has 1 aliphatic carbocycles. The molecule has 0 aromatic heterocycles. The van der Waals surface area contributed by atoms with Crippen molar-refractivity contribution in [2.45, 2.75) is 42.5 Å². The van der Waals surface area contributed by atoms with Gasteiger partial charge in [0, 0.05) is 29.1 Å². The Balaban J connectivity index is 1.44. The van der Waals surface area contributed by atoms with Gasteiger partial charge in [-0.3, -0.25) is 10.0 Å². The van der Waals surface area contributed by atoms with E-state index in [0.717, 1.165) is 53.0 Å². The van der Waals surface area contributed by atoms with Gasteiger partial charge < -0.3 is 10.4 Å². The number of nitrogens with zero attached hydrogens (tertiary/aromatic N) is 1. The Labute approximate surface area is 203 Å². The van der Waals surface area contributed by atoms with Gasteiger partial charge in [-0.25, -0.2) is 9.59 Å². The Kier molecular flexibility index (Phi) is 6.06. The minimum atomic E-state index is -0.939. The third kappa shape index (κ3) is 4.06. The number of benzene rings is 3. The van der Waals surface area contributed by atoms with Crippen molar-refractivity contribution in [1.82, 2.24) is 5.32 Å². The molecule has 0 radical (unpaired) electrons. The number of aromatic carboxylic acids is 1. The maximum atomic E-state index is 13.3. The van der Waals surface area contributed by atoms with Crippen LogP contribution in [0.3, 0.4) is 0 Å². The third-order valence-corrected chi connectivity index (χ3v) is 7.64. The molecule has 3 aromatic carbocycles. The zero-order chi connectivity index (χ0) is 23.7. The quantitative estimate of drug-likeness (QED) is 0.422. The first-order valence-corrected chi connectivity index (χ1v) is 12.4. The Bertz CT molecular complexity index is 1240. The summed E-state index contributed by atoms with van der Waals surface area (Å²) in [5.74, 6) is -0.939. The molecule has 34 heavy (non-hydrogen) atoms. The Hall–Kier alpha value is -3.29. The second-order valence-corrected chi connectivity index (χ2v) is 9.78. The molecule has 2 amide bonds. The van der Waals surface area contributed by atoms with E-state index in [-0.39, 0.29) is 17.0 Å². The van der Waals surface area contributed by atoms with E-state index in [1.165, 1.54) is 11.9 Å². The highest BCUT2D eigenvalue weighted by Gasteiger charge is 2.46. The van der Waals surface area contributed by atoms with E-state index in [9.17, 15) is 14.7 Å². The minimum absolute atomic E-state index is 0.0686. The fourth-order valence-corrected chi connectivity index (χ4v) is 5.67. The van der Waals surface area contributed by atoms with Crippen LogP contribution in [0.25, 0.3) is 11.1 Å². The van der Waals surface area contributed by atoms with Gasteiger partial charge in [-0.2, -0.15) is 0 Å². The van der Waals surface area contributed by atoms with Gasteiger partial charge in [-0.15, -0.1) is 0 Å². The molecule has 4 N–H and O–H groups in total. The van der Waals surface area contributed by atoms with Crippen molar-refractivity contribution in [3.63, 3.8) is 0 Å². The molecular formula is C27H27N3O3S. The van der Waals surface area contributed by atoms with Crippen molar-refractivity contribution in [1.29, 1.82) is 0 Å². The van der Waals surface area contributed by atoms with Crippen molar-refractivity contribution in [2.24, 2.45) is 5.14 Å². The fraction of sp³-hybridized carbons (Fsp3) is 0.259. The van der Waals surface area contributed by atoms with E-state index in [1.54, 1.807) is 12.1 Å². The highest BCUT2D eigenvalue weighted by molar-refractivity contribution is 7.97. The molecule has 0 atom stereocenters. The molecule has 3 aromatic rings. The number of carboxylic acids is 1. The lowest BCUT2D eigenvalue weighted by molar-refractivity contribution is 0.0697. The Morgan fingerprint density at radius 2 is 1.76 bits per heavy atom. The number of amides is 2. The van der Waals surface area contributed by atoms with Gasteiger partial charge in [0.15, 0.2) is 0 Å². The van der Waals surface area contributed by atoms with E-state index in [2.05, 4.69) is 11.4 Å². The van der Waals surface area contributed by atoms with Crippen molar-refractivity contribution in [3.8, 4) is 11.1 Å². The van der Waals surface area contributed by atoms with Crippen molar-refractivity contribution < 1.29 is 14.7 Å². The minimum Gasteiger partial charge on any atom is -0.478 e. The van der Waals surface area contributed by atoms with E-state index in [4.69, 9.17) is 5.14 Å². The number of nitrogens with one attached hydrogen (secondary N) is 1. The zero-order valence-electron chi connectivity index (χ0n) is 18.8. The number of hydrogen-bond acceptors (Lipinski definition) is 4. The second kappa shape index (κ2) is 9.16. The standard InChI is InChI=1S/C27H27N3O3S/c28-34-20-10-7-18(8-11-20)16-29-26(33)30-17-27(13-3-4-14-27)23-15-19(9-12-24(23)30)21-5-1-2-6-22(21)25(31)32/h1-2,5-12,15H,3-4,13-14,16-17,28H2,(H,29,33)(H,31,32). The van der Waals surface area contributed by atoms with Gasteiger partial charge in [0.05, 0.1) is 5.56 Å². The molecule has 6 nitrogen and oxygen atoms in total. The number of rotatable bonds is 5. The summed E-state index contributed by atoms with van der Waals surface area (Å²) in [5.41, 5.74) is 4.89. The van der Waals surface area contributed by atoms with E-state index >= 15 is 0 Å². The summed E-state index contributed by atoms with van der Waals surface area (Å²) in [6.07, 6.45) is 4.34. The van der Waals surface area contributed by atoms with E-state index in [1.807, 2.05) is 53.4 Å². The van der Waals surface area contributed by atoms with Crippen LogP contribution in [0.4, 0.5) is 10.5 Å². The number of hydrogen-bond donors (Lipinski definition) is 3. The molecular weight excluding hydrogens is 446 g/mol. The zero-order valence-corrected chi connectivity index (χ0v) is 19.6. The molecule has 1 fully saturated rings. The smallest absolute Gasteiger partial charge is 0.336 e. The number of carboxylic acid groups (broad SMARTS) is 1. The third-order valence-electron chi connectivity index (χ3n) is 7.10. The van der Waals surface area contributed by atoms with Gasteiger partial charge >= 0.3 is 12.0 Å². The second-order valence-electron chi connectivity index (χ2n) is 9.08. The first kappa shape index (κ1) is 22.5. The normalized spacial score (nSPS) is 16.0. The van der Waals surface area contributed by atoms with E-state index < -0.39 is 5.97 Å². The molecule has 0 unspecified atom stereocenters. The SMILES string of the molecule is NSc1ccc(CNC(=O)N2CC3(CCCC3)c3cc(-c4ccccc4C(=O)O)ccc32)cc1. The number of carbonyl (C=O) groups excluding carboxylic acids is 1. The Morgan fingerprint density at radius 1 is 1.03 bits per heavy atom. The highest BCUT2D eigenvalue weighted by atomic mass is 32.2. The van der Waals surface area contributed by atoms with Crippen LogP contribution < -0.4 is 15.4 Å². The summed E-state index contributed by atoms with van der Waals surface area (Å²) in [6.45, 7) is 1.10. The first-order chi connectivity index (χ1) is 16.5. The number of anilines is 1. The molecule has 1 saturated carbocycles. The van der Waals surface area contributed by atoms with E-state index in [0.29, 0.717) is 18.7 Å². The number of nitrogens with two attached hydrogens (primary N) is 1. The molecule has 5 rings (SSSR count). The Morgan fingerprint density at radius 3 is 2.47 bits per heavy atom. The lowest BCUT2D eigenvalue weighted by atomic mass is 9.79. The van der Waals surface area contributed by atoms with Crippen LogP contribution in [0.5, 0.6) is 0 Å². The molecule has 1 aliphatic heterocycles. The van der Waals surface area contributed by atoms with Crippen molar-refractivity contribution >= 4 is 29.6 Å². The van der Waals surface area contributed by atoms with Crippen LogP contribution in [0, 0.1) is 0 Å². The summed E-state index contributed by atoms with van der Waals surface area (Å²) < 4.78 is 0. The summed E-state index contributed by atoms with van der Waals surface area (Å²) in [5, 5.41) is 18.3. The monoisotopic (exact) mass is 473 g/mol. The molecule has 0 bridgehead atoms. The molecule has 1 heterocycles. The summed E-state index contributed by atoms with van der Waals surface area (Å²) >= 11 is 1.20. The lowest BCUT2D eigenvalue weighted by Crippen LogP contribution is -2.41. The predicted molar refractivity (Wildman–Crippen MR) is 135 cm³/mol. The first-order valence-electron chi connectivity index (χ1n) is 11.5. The molecule has 2 aliphatic rings. The largest absolute Gasteiger partial charge is 0.478 e. The predicted octanol–water partition coefficient (Wildman–Crippen LogP) is 5.56. The average molecular weight is 474 g/mol. The van der Waals surface area contributed by atoms with Crippen LogP contribution in [0.2, 0.25) is 0 Å². The van der Waals surface area contributed by atoms with Crippen LogP contribution in [-0.4, -0.2) is 23.7 Å². The maximum Gasteiger partial charge on any atom is 0.336 e. The van der Waals surface area contributed by atoms with Crippen LogP contribution in [0.15, 0.2) is 71.6 Å². The van der Waals surface area contributed by atoms with Gasteiger partial charge in [0.2, 0.25) is 0 Å². The van der Waals surface area contributed by atoms with Crippen molar-refractivity contribution in [3.05, 3.63) is 83.4 Å². The highest BCUT2D eigenvalue weighted by Crippen LogP contribution is 2.51. The van der Waals surface area contributed by atoms with Crippen LogP contribution in [0.1, 0.15) is 47.2 Å². The van der Waals surface area contributed by atoms with Crippen LogP contribution in [-0.2, 0) is 12.0 Å². The van der Waals surface area contributed by atoms with Gasteiger partial charge in [0.1, 0.15) is 0 Å². The molecule has 0 saturated heterocycles. The average Bonchev–Trinajstić information content (AvgIpc) is 3.48. The lowest BCUT2D eigenvalue weighted by Gasteiger charge is -2.25. The van der Waals surface area contributed by atoms with Crippen molar-refractivity contribution in [2.75, 3.05) is 11.4 Å². The molecule has 7 heteroatoms. The number of urea groups is 1. The van der Waals surface area contributed by atoms with Gasteiger partial charge in [-0.1, -0.05) is 49.2 Å².